The standard InChI is InChI=1S/C22H16F2N2OS2/c23-16-11-18(24)21-19(12-16)29-22(25-21)26(13-15-7-3-1-4-8-15)20(27)14-28-17-9-5-2-6-10-17/h1-12H,13-14H2. The Labute approximate surface area is 175 Å². The van der Waals surface area contributed by atoms with E-state index in [-0.39, 0.29) is 17.2 Å². The molecule has 3 nitrogen and oxygen atoms in total. The van der Waals surface area contributed by atoms with Gasteiger partial charge in [0.05, 0.1) is 17.0 Å². The fourth-order valence-corrected chi connectivity index (χ4v) is 4.65. The first-order valence-electron chi connectivity index (χ1n) is 8.88. The SMILES string of the molecule is O=C(CSc1ccccc1)N(Cc1ccccc1)c1nc2c(F)cc(F)cc2s1. The van der Waals surface area contributed by atoms with Crippen molar-refractivity contribution in [2.45, 2.75) is 11.4 Å². The van der Waals surface area contributed by atoms with Crippen LogP contribution < -0.4 is 4.90 Å². The van der Waals surface area contributed by atoms with Gasteiger partial charge < -0.3 is 0 Å². The van der Waals surface area contributed by atoms with E-state index in [2.05, 4.69) is 4.98 Å². The van der Waals surface area contributed by atoms with Gasteiger partial charge in [0, 0.05) is 11.0 Å². The summed E-state index contributed by atoms with van der Waals surface area (Å²) in [7, 11) is 0. The van der Waals surface area contributed by atoms with Crippen LogP contribution in [0.2, 0.25) is 0 Å². The third-order valence-electron chi connectivity index (χ3n) is 4.22. The summed E-state index contributed by atoms with van der Waals surface area (Å²) in [6, 6.07) is 21.2. The van der Waals surface area contributed by atoms with Gasteiger partial charge in [-0.1, -0.05) is 59.9 Å². The van der Waals surface area contributed by atoms with Gasteiger partial charge in [0.15, 0.2) is 10.9 Å². The molecule has 0 spiro atoms. The van der Waals surface area contributed by atoms with Crippen molar-refractivity contribution in [2.24, 2.45) is 0 Å². The highest BCUT2D eigenvalue weighted by Gasteiger charge is 2.22. The van der Waals surface area contributed by atoms with Crippen molar-refractivity contribution in [3.63, 3.8) is 0 Å². The number of hydrogen-bond acceptors (Lipinski definition) is 4. The second-order valence-electron chi connectivity index (χ2n) is 6.30. The Morgan fingerprint density at radius 3 is 2.41 bits per heavy atom. The Morgan fingerprint density at radius 2 is 1.69 bits per heavy atom. The number of benzene rings is 3. The molecule has 0 saturated heterocycles. The fraction of sp³-hybridized carbons (Fsp3) is 0.0909. The molecule has 0 unspecified atom stereocenters. The Balaban J connectivity index is 1.64. The first kappa shape index (κ1) is 19.5. The number of rotatable bonds is 6. The number of carbonyl (C=O) groups excluding carboxylic acids is 1. The van der Waals surface area contributed by atoms with Crippen molar-refractivity contribution in [2.75, 3.05) is 10.7 Å². The maximum atomic E-state index is 14.1. The monoisotopic (exact) mass is 426 g/mol. The lowest BCUT2D eigenvalue weighted by atomic mass is 10.2. The minimum atomic E-state index is -0.728. The van der Waals surface area contributed by atoms with Crippen LogP contribution in [0.3, 0.4) is 0 Å². The number of nitrogens with zero attached hydrogens (tertiary/aromatic N) is 2. The van der Waals surface area contributed by atoms with Crippen LogP contribution in [0.1, 0.15) is 5.56 Å². The van der Waals surface area contributed by atoms with Gasteiger partial charge in [-0.05, 0) is 23.8 Å². The minimum absolute atomic E-state index is 0.0768. The summed E-state index contributed by atoms with van der Waals surface area (Å²) in [5, 5.41) is 0.354. The number of thioether (sulfide) groups is 1. The van der Waals surface area contributed by atoms with Gasteiger partial charge in [-0.15, -0.1) is 11.8 Å². The van der Waals surface area contributed by atoms with E-state index >= 15 is 0 Å². The van der Waals surface area contributed by atoms with Gasteiger partial charge in [0.1, 0.15) is 11.3 Å². The van der Waals surface area contributed by atoms with Gasteiger partial charge in [0.2, 0.25) is 5.91 Å². The molecule has 0 radical (unpaired) electrons. The molecule has 1 amide bonds. The molecule has 146 valence electrons. The Kier molecular flexibility index (Phi) is 5.87. The summed E-state index contributed by atoms with van der Waals surface area (Å²) in [4.78, 5) is 19.9. The van der Waals surface area contributed by atoms with Crippen LogP contribution in [0.4, 0.5) is 13.9 Å². The average Bonchev–Trinajstić information content (AvgIpc) is 3.16. The van der Waals surface area contributed by atoms with Gasteiger partial charge in [-0.25, -0.2) is 13.8 Å². The molecule has 4 aromatic rings. The molecular formula is C22H16F2N2OS2. The van der Waals surface area contributed by atoms with Crippen LogP contribution in [0.25, 0.3) is 10.2 Å². The molecule has 0 aliphatic rings. The van der Waals surface area contributed by atoms with E-state index in [4.69, 9.17) is 0 Å². The number of aromatic nitrogens is 1. The quantitative estimate of drug-likeness (QED) is 0.360. The maximum Gasteiger partial charge on any atom is 0.239 e. The highest BCUT2D eigenvalue weighted by molar-refractivity contribution is 8.00. The van der Waals surface area contributed by atoms with Crippen LogP contribution in [-0.4, -0.2) is 16.6 Å². The van der Waals surface area contributed by atoms with Crippen LogP contribution in [0.15, 0.2) is 77.7 Å². The van der Waals surface area contributed by atoms with Crippen LogP contribution in [0.5, 0.6) is 0 Å². The summed E-state index contributed by atoms with van der Waals surface area (Å²) in [5.41, 5.74) is 1.00. The van der Waals surface area contributed by atoms with Crippen molar-refractivity contribution < 1.29 is 13.6 Å². The second-order valence-corrected chi connectivity index (χ2v) is 8.36. The van der Waals surface area contributed by atoms with Crippen molar-refractivity contribution in [1.82, 2.24) is 4.98 Å². The molecular weight excluding hydrogens is 410 g/mol. The zero-order chi connectivity index (χ0) is 20.2. The smallest absolute Gasteiger partial charge is 0.239 e. The topological polar surface area (TPSA) is 33.2 Å². The van der Waals surface area contributed by atoms with Gasteiger partial charge >= 0.3 is 0 Å². The summed E-state index contributed by atoms with van der Waals surface area (Å²) >= 11 is 2.53. The first-order chi connectivity index (χ1) is 14.1. The van der Waals surface area contributed by atoms with E-state index in [1.807, 2.05) is 60.7 Å². The zero-order valence-corrected chi connectivity index (χ0v) is 16.9. The van der Waals surface area contributed by atoms with E-state index in [9.17, 15) is 13.6 Å². The summed E-state index contributed by atoms with van der Waals surface area (Å²) in [6.45, 7) is 0.305. The van der Waals surface area contributed by atoms with E-state index < -0.39 is 11.6 Å². The highest BCUT2D eigenvalue weighted by atomic mass is 32.2. The zero-order valence-electron chi connectivity index (χ0n) is 15.2. The van der Waals surface area contributed by atoms with Crippen molar-refractivity contribution >= 4 is 44.4 Å². The number of hydrogen-bond donors (Lipinski definition) is 0. The van der Waals surface area contributed by atoms with E-state index in [0.29, 0.717) is 16.4 Å². The normalized spacial score (nSPS) is 11.0. The molecule has 0 bridgehead atoms. The Morgan fingerprint density at radius 1 is 1.00 bits per heavy atom. The summed E-state index contributed by atoms with van der Waals surface area (Å²) < 4.78 is 28.1. The number of carbonyl (C=O) groups is 1. The molecule has 0 aliphatic carbocycles. The molecule has 0 fully saturated rings. The third-order valence-corrected chi connectivity index (χ3v) is 6.25. The highest BCUT2D eigenvalue weighted by Crippen LogP contribution is 2.32. The second kappa shape index (κ2) is 8.71. The van der Waals surface area contributed by atoms with Crippen molar-refractivity contribution in [3.05, 3.63) is 90.0 Å². The minimum Gasteiger partial charge on any atom is -0.283 e. The Bertz CT molecular complexity index is 1130. The lowest BCUT2D eigenvalue weighted by molar-refractivity contribution is -0.116. The van der Waals surface area contributed by atoms with Crippen molar-refractivity contribution in [1.29, 1.82) is 0 Å². The largest absolute Gasteiger partial charge is 0.283 e. The summed E-state index contributed by atoms with van der Waals surface area (Å²) in [6.07, 6.45) is 0. The van der Waals surface area contributed by atoms with E-state index in [1.54, 1.807) is 0 Å². The molecule has 7 heteroatoms. The Hall–Kier alpha value is -2.77. The predicted octanol–water partition coefficient (Wildman–Crippen LogP) is 5.90. The number of amides is 1. The van der Waals surface area contributed by atoms with E-state index in [1.165, 1.54) is 22.7 Å². The van der Waals surface area contributed by atoms with Crippen LogP contribution >= 0.6 is 23.1 Å². The lowest BCUT2D eigenvalue weighted by Crippen LogP contribution is -2.31. The van der Waals surface area contributed by atoms with Gasteiger partial charge in [-0.3, -0.25) is 9.69 Å². The number of anilines is 1. The first-order valence-corrected chi connectivity index (χ1v) is 10.7. The third kappa shape index (κ3) is 4.63. The van der Waals surface area contributed by atoms with Gasteiger partial charge in [0.25, 0.3) is 0 Å². The summed E-state index contributed by atoms with van der Waals surface area (Å²) in [5.74, 6) is -1.33. The van der Waals surface area contributed by atoms with Gasteiger partial charge in [-0.2, -0.15) is 0 Å². The van der Waals surface area contributed by atoms with E-state index in [0.717, 1.165) is 27.9 Å². The molecule has 1 aromatic heterocycles. The molecule has 0 aliphatic heterocycles. The maximum absolute atomic E-state index is 14.1. The molecule has 0 atom stereocenters. The van der Waals surface area contributed by atoms with Crippen LogP contribution in [-0.2, 0) is 11.3 Å². The van der Waals surface area contributed by atoms with Crippen LogP contribution in [0, 0.1) is 11.6 Å². The molecule has 0 N–H and O–H groups in total. The number of thiazole rings is 1. The molecule has 0 saturated carbocycles. The average molecular weight is 427 g/mol. The fourth-order valence-electron chi connectivity index (χ4n) is 2.83. The molecule has 1 heterocycles. The molecule has 3 aromatic carbocycles. The lowest BCUT2D eigenvalue weighted by Gasteiger charge is -2.20. The number of fused-ring (bicyclic) bond motifs is 1. The molecule has 29 heavy (non-hydrogen) atoms. The van der Waals surface area contributed by atoms with Crippen molar-refractivity contribution in [3.8, 4) is 0 Å². The molecule has 4 rings (SSSR count). The predicted molar refractivity (Wildman–Crippen MR) is 114 cm³/mol. The number of halogens is 2.